The molecule has 3 aromatic rings. The van der Waals surface area contributed by atoms with Crippen molar-refractivity contribution < 1.29 is 13.2 Å². The fourth-order valence-electron chi connectivity index (χ4n) is 2.72. The molecule has 4 rings (SSSR count). The molecular weight excluding hydrogens is 342 g/mol. The highest BCUT2D eigenvalue weighted by Gasteiger charge is 2.30. The number of benzene rings is 1. The molecule has 128 valence electrons. The molecular formula is C16H15N5O3S. The highest BCUT2D eigenvalue weighted by atomic mass is 32.2. The Morgan fingerprint density at radius 3 is 2.52 bits per heavy atom. The predicted octanol–water partition coefficient (Wildman–Crippen LogP) is 1.88. The van der Waals surface area contributed by atoms with Crippen LogP contribution in [0.2, 0.25) is 0 Å². The number of aromatic nitrogens is 4. The summed E-state index contributed by atoms with van der Waals surface area (Å²) in [4.78, 5) is 20.2. The molecule has 1 aliphatic carbocycles. The number of hydrogen-bond donors (Lipinski definition) is 1. The number of hydrogen-bond acceptors (Lipinski definition) is 7. The second-order valence-electron chi connectivity index (χ2n) is 6.08. The number of ketones is 1. The summed E-state index contributed by atoms with van der Waals surface area (Å²) >= 11 is 0. The molecule has 25 heavy (non-hydrogen) atoms. The molecule has 0 aliphatic heterocycles. The highest BCUT2D eigenvalue weighted by Crippen LogP contribution is 2.30. The van der Waals surface area contributed by atoms with Gasteiger partial charge in [-0.2, -0.15) is 10.1 Å². The van der Waals surface area contributed by atoms with E-state index >= 15 is 0 Å². The quantitative estimate of drug-likeness (QED) is 0.759. The molecule has 2 heterocycles. The molecule has 1 fully saturated rings. The van der Waals surface area contributed by atoms with E-state index in [1.165, 1.54) is 18.4 Å². The Bertz CT molecular complexity index is 1060. The van der Waals surface area contributed by atoms with E-state index in [-0.39, 0.29) is 16.7 Å². The van der Waals surface area contributed by atoms with Crippen molar-refractivity contribution in [3.8, 4) is 0 Å². The van der Waals surface area contributed by atoms with Crippen LogP contribution >= 0.6 is 0 Å². The van der Waals surface area contributed by atoms with E-state index < -0.39 is 9.84 Å². The molecule has 1 N–H and O–H groups in total. The first-order chi connectivity index (χ1) is 11.9. The maximum Gasteiger partial charge on any atom is 0.229 e. The third kappa shape index (κ3) is 2.98. The first-order valence-corrected chi connectivity index (χ1v) is 9.58. The first-order valence-electron chi connectivity index (χ1n) is 7.69. The van der Waals surface area contributed by atoms with Crippen LogP contribution in [-0.4, -0.2) is 40.2 Å². The summed E-state index contributed by atoms with van der Waals surface area (Å²) in [7, 11) is -3.23. The van der Waals surface area contributed by atoms with Crippen molar-refractivity contribution in [2.75, 3.05) is 11.6 Å². The van der Waals surface area contributed by atoms with Crippen LogP contribution in [0.15, 0.2) is 41.6 Å². The van der Waals surface area contributed by atoms with Gasteiger partial charge in [0.25, 0.3) is 0 Å². The Labute approximate surface area is 143 Å². The van der Waals surface area contributed by atoms with Gasteiger partial charge in [0.15, 0.2) is 15.5 Å². The lowest BCUT2D eigenvalue weighted by molar-refractivity contribution is -0.126. The van der Waals surface area contributed by atoms with Gasteiger partial charge in [0.1, 0.15) is 5.78 Å². The molecule has 8 nitrogen and oxygen atoms in total. The molecule has 0 atom stereocenters. The predicted molar refractivity (Wildman–Crippen MR) is 91.4 cm³/mol. The SMILES string of the molecule is CS(=O)(=O)c1ccc(Nc2ncc3cnn(C4CC(=O)C4)c3n2)cc1. The molecule has 0 bridgehead atoms. The highest BCUT2D eigenvalue weighted by molar-refractivity contribution is 7.90. The molecule has 0 radical (unpaired) electrons. The third-order valence-corrected chi connectivity index (χ3v) is 5.27. The van der Waals surface area contributed by atoms with Crippen LogP contribution in [0.1, 0.15) is 18.9 Å². The van der Waals surface area contributed by atoms with Crippen molar-refractivity contribution >= 4 is 38.3 Å². The zero-order chi connectivity index (χ0) is 17.6. The second kappa shape index (κ2) is 5.62. The summed E-state index contributed by atoms with van der Waals surface area (Å²) < 4.78 is 24.8. The Hall–Kier alpha value is -2.81. The summed E-state index contributed by atoms with van der Waals surface area (Å²) in [5, 5.41) is 8.16. The number of carbonyl (C=O) groups excluding carboxylic acids is 1. The summed E-state index contributed by atoms with van der Waals surface area (Å²) in [6, 6.07) is 6.43. The number of nitrogens with one attached hydrogen (secondary N) is 1. The van der Waals surface area contributed by atoms with E-state index in [4.69, 9.17) is 0 Å². The molecule has 0 amide bonds. The number of carbonyl (C=O) groups is 1. The van der Waals surface area contributed by atoms with E-state index in [0.717, 1.165) is 5.39 Å². The average molecular weight is 357 g/mol. The Kier molecular flexibility index (Phi) is 3.53. The minimum absolute atomic E-state index is 0.0572. The summed E-state index contributed by atoms with van der Waals surface area (Å²) in [5.74, 6) is 0.610. The van der Waals surface area contributed by atoms with Gasteiger partial charge < -0.3 is 5.32 Å². The fourth-order valence-corrected chi connectivity index (χ4v) is 3.35. The summed E-state index contributed by atoms with van der Waals surface area (Å²) in [6.45, 7) is 0. The van der Waals surface area contributed by atoms with Crippen molar-refractivity contribution in [2.45, 2.75) is 23.8 Å². The van der Waals surface area contributed by atoms with Gasteiger partial charge in [-0.3, -0.25) is 4.79 Å². The van der Waals surface area contributed by atoms with Crippen LogP contribution in [0.5, 0.6) is 0 Å². The van der Waals surface area contributed by atoms with Crippen molar-refractivity contribution in [1.29, 1.82) is 0 Å². The van der Waals surface area contributed by atoms with Crippen molar-refractivity contribution in [3.63, 3.8) is 0 Å². The van der Waals surface area contributed by atoms with Gasteiger partial charge in [0, 0.05) is 31.0 Å². The van der Waals surface area contributed by atoms with Crippen molar-refractivity contribution in [3.05, 3.63) is 36.7 Å². The third-order valence-electron chi connectivity index (χ3n) is 4.15. The van der Waals surface area contributed by atoms with Crippen LogP contribution in [0.4, 0.5) is 11.6 Å². The van der Waals surface area contributed by atoms with E-state index in [2.05, 4.69) is 20.4 Å². The standard InChI is InChI=1S/C16H15N5O3S/c1-25(23,24)14-4-2-11(3-5-14)19-16-17-8-10-9-18-21(15(10)20-16)12-6-13(22)7-12/h2-5,8-9,12H,6-7H2,1H3,(H,17,19,20). The molecule has 1 aromatic carbocycles. The van der Waals surface area contributed by atoms with Crippen molar-refractivity contribution in [1.82, 2.24) is 19.7 Å². The van der Waals surface area contributed by atoms with Crippen LogP contribution < -0.4 is 5.32 Å². The fraction of sp³-hybridized carbons (Fsp3) is 0.250. The lowest BCUT2D eigenvalue weighted by Crippen LogP contribution is -2.27. The Morgan fingerprint density at radius 2 is 1.88 bits per heavy atom. The number of Topliss-reactive ketones (excluding diaryl/α,β-unsaturated/α-hetero) is 1. The van der Waals surface area contributed by atoms with Crippen molar-refractivity contribution in [2.24, 2.45) is 0 Å². The van der Waals surface area contributed by atoms with Crippen LogP contribution in [-0.2, 0) is 14.6 Å². The van der Waals surface area contributed by atoms with Crippen LogP contribution in [0.25, 0.3) is 11.0 Å². The normalized spacial score (nSPS) is 15.3. The minimum Gasteiger partial charge on any atom is -0.324 e. The summed E-state index contributed by atoms with van der Waals surface area (Å²) in [6.07, 6.45) is 5.48. The van der Waals surface area contributed by atoms with Gasteiger partial charge in [0.05, 0.1) is 22.5 Å². The zero-order valence-corrected chi connectivity index (χ0v) is 14.2. The molecule has 1 saturated carbocycles. The van der Waals surface area contributed by atoms with E-state index in [1.54, 1.807) is 29.2 Å². The second-order valence-corrected chi connectivity index (χ2v) is 8.10. The lowest BCUT2D eigenvalue weighted by Gasteiger charge is -2.24. The summed E-state index contributed by atoms with van der Waals surface area (Å²) in [5.41, 5.74) is 1.35. The molecule has 0 spiro atoms. The van der Waals surface area contributed by atoms with Gasteiger partial charge in [-0.05, 0) is 24.3 Å². The van der Waals surface area contributed by atoms with Crippen LogP contribution in [0, 0.1) is 0 Å². The number of fused-ring (bicyclic) bond motifs is 1. The molecule has 2 aromatic heterocycles. The molecule has 1 aliphatic rings. The van der Waals surface area contributed by atoms with Gasteiger partial charge >= 0.3 is 0 Å². The van der Waals surface area contributed by atoms with Crippen LogP contribution in [0.3, 0.4) is 0 Å². The first kappa shape index (κ1) is 15.7. The monoisotopic (exact) mass is 357 g/mol. The maximum atomic E-state index is 11.5. The van der Waals surface area contributed by atoms with Gasteiger partial charge in [-0.1, -0.05) is 0 Å². The topological polar surface area (TPSA) is 107 Å². The lowest BCUT2D eigenvalue weighted by atomic mass is 9.92. The largest absolute Gasteiger partial charge is 0.324 e. The number of sulfone groups is 1. The van der Waals surface area contributed by atoms with Gasteiger partial charge in [0.2, 0.25) is 5.95 Å². The van der Waals surface area contributed by atoms with Gasteiger partial charge in [-0.15, -0.1) is 0 Å². The number of rotatable bonds is 4. The Balaban J connectivity index is 1.61. The van der Waals surface area contributed by atoms with E-state index in [9.17, 15) is 13.2 Å². The molecule has 0 unspecified atom stereocenters. The van der Waals surface area contributed by atoms with E-state index in [1.807, 2.05) is 0 Å². The van der Waals surface area contributed by atoms with E-state index in [0.29, 0.717) is 30.1 Å². The maximum absolute atomic E-state index is 11.5. The Morgan fingerprint density at radius 1 is 1.16 bits per heavy atom. The molecule has 9 heteroatoms. The minimum atomic E-state index is -3.23. The number of nitrogens with zero attached hydrogens (tertiary/aromatic N) is 4. The average Bonchev–Trinajstić information content (AvgIpc) is 2.94. The number of anilines is 2. The molecule has 0 saturated heterocycles. The smallest absolute Gasteiger partial charge is 0.229 e. The zero-order valence-electron chi connectivity index (χ0n) is 13.4. The van der Waals surface area contributed by atoms with Gasteiger partial charge in [-0.25, -0.2) is 18.1 Å².